The van der Waals surface area contributed by atoms with Gasteiger partial charge >= 0.3 is 0 Å². The van der Waals surface area contributed by atoms with Gasteiger partial charge in [-0.05, 0) is 41.4 Å². The van der Waals surface area contributed by atoms with E-state index in [4.69, 9.17) is 10.1 Å². The maximum Gasteiger partial charge on any atom is 0.155 e. The SMILES string of the molecule is CC(=O)/C=C(/C)O.[Ir].[c-]1ccc2ccccc2c1-c1ccc(-c2cccc3ccccc23)cn1. The van der Waals surface area contributed by atoms with Crippen LogP contribution in [0.15, 0.2) is 109 Å². The number of rotatable bonds is 3. The number of carbonyl (C=O) groups is 1. The van der Waals surface area contributed by atoms with Crippen molar-refractivity contribution in [2.24, 2.45) is 0 Å². The third-order valence-electron chi connectivity index (χ3n) is 5.25. The van der Waals surface area contributed by atoms with E-state index in [0.717, 1.165) is 16.8 Å². The van der Waals surface area contributed by atoms with Crippen LogP contribution in [0.5, 0.6) is 0 Å². The molecule has 0 bridgehead atoms. The Bertz CT molecular complexity index is 1340. The fourth-order valence-corrected chi connectivity index (χ4v) is 3.85. The molecule has 0 unspecified atom stereocenters. The molecule has 0 aliphatic rings. The first-order valence-electron chi connectivity index (χ1n) is 10.7. The van der Waals surface area contributed by atoms with E-state index in [-0.39, 0.29) is 31.6 Å². The van der Waals surface area contributed by atoms with Gasteiger partial charge in [-0.25, -0.2) is 0 Å². The summed E-state index contributed by atoms with van der Waals surface area (Å²) >= 11 is 0. The quantitative estimate of drug-likeness (QED) is 0.128. The van der Waals surface area contributed by atoms with Gasteiger partial charge in [-0.1, -0.05) is 84.2 Å². The van der Waals surface area contributed by atoms with Gasteiger partial charge in [0.15, 0.2) is 5.78 Å². The first kappa shape index (κ1) is 25.0. The molecule has 0 aliphatic heterocycles. The van der Waals surface area contributed by atoms with Crippen molar-refractivity contribution in [3.05, 3.63) is 115 Å². The standard InChI is InChI=1S/C25H16N.C5H8O2.Ir/c1-3-11-21-18(7-1)9-5-13-23(21)20-15-16-25(26-17-20)24-14-6-10-19-8-2-4-12-22(19)24;1-4(6)3-5(2)7;/h1-13,15-17H;3,6H,1-2H3;/q-1;;/b;4-3-;. The number of aromatic nitrogens is 1. The van der Waals surface area contributed by atoms with Crippen LogP contribution < -0.4 is 0 Å². The number of hydrogen-bond acceptors (Lipinski definition) is 3. The molecule has 1 heterocycles. The summed E-state index contributed by atoms with van der Waals surface area (Å²) in [6.45, 7) is 2.85. The summed E-state index contributed by atoms with van der Waals surface area (Å²) in [4.78, 5) is 14.8. The van der Waals surface area contributed by atoms with Crippen LogP contribution in [0.2, 0.25) is 0 Å². The average Bonchev–Trinajstić information content (AvgIpc) is 2.83. The van der Waals surface area contributed by atoms with Gasteiger partial charge in [0.1, 0.15) is 0 Å². The fourth-order valence-electron chi connectivity index (χ4n) is 3.85. The summed E-state index contributed by atoms with van der Waals surface area (Å²) in [5, 5.41) is 13.3. The van der Waals surface area contributed by atoms with Gasteiger partial charge < -0.3 is 10.1 Å². The van der Waals surface area contributed by atoms with E-state index in [1.165, 1.54) is 47.0 Å². The van der Waals surface area contributed by atoms with Crippen molar-refractivity contribution >= 4 is 27.3 Å². The van der Waals surface area contributed by atoms with Gasteiger partial charge in [0, 0.05) is 32.4 Å². The molecule has 0 aliphatic carbocycles. The summed E-state index contributed by atoms with van der Waals surface area (Å²) in [5.74, 6) is -0.0625. The Morgan fingerprint density at radius 3 is 2.09 bits per heavy atom. The number of pyridine rings is 1. The Hall–Kier alpha value is -3.59. The molecule has 1 radical (unpaired) electrons. The van der Waals surface area contributed by atoms with Gasteiger partial charge in [-0.2, -0.15) is 0 Å². The van der Waals surface area contributed by atoms with Crippen molar-refractivity contribution < 1.29 is 30.0 Å². The number of aliphatic hydroxyl groups is 1. The van der Waals surface area contributed by atoms with Crippen molar-refractivity contribution in [2.45, 2.75) is 13.8 Å². The zero-order valence-corrected chi connectivity index (χ0v) is 21.3. The normalized spacial score (nSPS) is 10.8. The summed E-state index contributed by atoms with van der Waals surface area (Å²) < 4.78 is 0. The molecule has 0 atom stereocenters. The molecule has 0 saturated carbocycles. The van der Waals surface area contributed by atoms with Crippen molar-refractivity contribution in [1.82, 2.24) is 4.98 Å². The number of aliphatic hydroxyl groups excluding tert-OH is 1. The van der Waals surface area contributed by atoms with Crippen LogP contribution in [0.4, 0.5) is 0 Å². The molecule has 0 fully saturated rings. The monoisotopic (exact) mass is 623 g/mol. The molecule has 5 aromatic rings. The smallest absolute Gasteiger partial charge is 0.155 e. The second-order valence-electron chi connectivity index (χ2n) is 7.80. The molecule has 171 valence electrons. The van der Waals surface area contributed by atoms with E-state index >= 15 is 0 Å². The van der Waals surface area contributed by atoms with Crippen LogP contribution in [0.25, 0.3) is 43.9 Å². The van der Waals surface area contributed by atoms with Crippen LogP contribution in [-0.4, -0.2) is 15.9 Å². The minimum Gasteiger partial charge on any atom is -0.512 e. The zero-order chi connectivity index (χ0) is 23.2. The number of nitrogens with zero attached hydrogens (tertiary/aromatic N) is 1. The van der Waals surface area contributed by atoms with E-state index in [1.54, 1.807) is 0 Å². The van der Waals surface area contributed by atoms with E-state index in [1.807, 2.05) is 12.3 Å². The van der Waals surface area contributed by atoms with Crippen LogP contribution in [0.1, 0.15) is 13.8 Å². The van der Waals surface area contributed by atoms with E-state index in [0.29, 0.717) is 0 Å². The first-order chi connectivity index (χ1) is 16.0. The molecule has 4 heteroatoms. The van der Waals surface area contributed by atoms with Crippen LogP contribution in [-0.2, 0) is 24.9 Å². The Balaban J connectivity index is 0.000000357. The fraction of sp³-hybridized carbons (Fsp3) is 0.0667. The number of carbonyl (C=O) groups excluding carboxylic acids is 1. The van der Waals surface area contributed by atoms with Gasteiger partial charge in [-0.15, -0.1) is 29.1 Å². The number of benzene rings is 4. The van der Waals surface area contributed by atoms with Crippen LogP contribution >= 0.6 is 0 Å². The molecular weight excluding hydrogens is 599 g/mol. The van der Waals surface area contributed by atoms with Crippen molar-refractivity contribution in [3.8, 4) is 22.4 Å². The molecular formula is C30H24IrNO2-. The Kier molecular flexibility index (Phi) is 8.48. The van der Waals surface area contributed by atoms with E-state index in [2.05, 4.69) is 91.0 Å². The third-order valence-corrected chi connectivity index (χ3v) is 5.25. The van der Waals surface area contributed by atoms with Crippen molar-refractivity contribution in [3.63, 3.8) is 0 Å². The van der Waals surface area contributed by atoms with Gasteiger partial charge in [0.25, 0.3) is 0 Å². The van der Waals surface area contributed by atoms with Gasteiger partial charge in [0.05, 0.1) is 5.76 Å². The second kappa shape index (κ2) is 11.5. The molecule has 3 nitrogen and oxygen atoms in total. The number of fused-ring (bicyclic) bond motifs is 2. The van der Waals surface area contributed by atoms with E-state index < -0.39 is 0 Å². The molecule has 5 rings (SSSR count). The molecule has 1 aromatic heterocycles. The van der Waals surface area contributed by atoms with Gasteiger partial charge in [-0.3, -0.25) is 4.79 Å². The maximum atomic E-state index is 10.0. The van der Waals surface area contributed by atoms with E-state index in [9.17, 15) is 4.79 Å². The molecule has 34 heavy (non-hydrogen) atoms. The third kappa shape index (κ3) is 5.85. The summed E-state index contributed by atoms with van der Waals surface area (Å²) in [6, 6.07) is 34.9. The Morgan fingerprint density at radius 1 is 0.824 bits per heavy atom. The topological polar surface area (TPSA) is 50.2 Å². The predicted octanol–water partition coefficient (Wildman–Crippen LogP) is 7.56. The minimum absolute atomic E-state index is 0. The molecule has 4 aromatic carbocycles. The summed E-state index contributed by atoms with van der Waals surface area (Å²) in [7, 11) is 0. The largest absolute Gasteiger partial charge is 0.512 e. The van der Waals surface area contributed by atoms with Crippen LogP contribution in [0, 0.1) is 6.07 Å². The second-order valence-corrected chi connectivity index (χ2v) is 7.80. The van der Waals surface area contributed by atoms with Crippen LogP contribution in [0.3, 0.4) is 0 Å². The summed E-state index contributed by atoms with van der Waals surface area (Å²) in [5.41, 5.74) is 4.34. The zero-order valence-electron chi connectivity index (χ0n) is 19.0. The van der Waals surface area contributed by atoms with Crippen molar-refractivity contribution in [2.75, 3.05) is 0 Å². The van der Waals surface area contributed by atoms with Crippen molar-refractivity contribution in [1.29, 1.82) is 0 Å². The maximum absolute atomic E-state index is 10.0. The predicted molar refractivity (Wildman–Crippen MR) is 136 cm³/mol. The molecule has 0 amide bonds. The minimum atomic E-state index is -0.125. The number of ketones is 1. The summed E-state index contributed by atoms with van der Waals surface area (Å²) in [6.07, 6.45) is 3.13. The molecule has 1 N–H and O–H groups in total. The number of hydrogen-bond donors (Lipinski definition) is 1. The first-order valence-corrected chi connectivity index (χ1v) is 10.7. The number of allylic oxidation sites excluding steroid dienone is 2. The molecule has 0 saturated heterocycles. The van der Waals surface area contributed by atoms with Gasteiger partial charge in [0.2, 0.25) is 0 Å². The molecule has 0 spiro atoms. The average molecular weight is 623 g/mol. The Labute approximate surface area is 213 Å². The Morgan fingerprint density at radius 2 is 1.47 bits per heavy atom.